The first-order chi connectivity index (χ1) is 15.0. The molecule has 3 rings (SSSR count). The number of nitrogens with one attached hydrogen (secondary N) is 1. The molecule has 1 amide bonds. The lowest BCUT2D eigenvalue weighted by Gasteiger charge is -2.31. The van der Waals surface area contributed by atoms with Gasteiger partial charge in [-0.1, -0.05) is 18.2 Å². The third kappa shape index (κ3) is 5.54. The number of anilines is 1. The monoisotopic (exact) mass is 478 g/mol. The standard InChI is InChI=1S/C20H19F5N2O4S/c21-19(22)31-15-5-3-4-14(12-15)26-18(28)13-8-10-27(11-9-13)32(29,30)17-7-2-1-6-16(17)20(23,24)25/h1-7,12-13,19H,8-11H2,(H,26,28). The molecule has 174 valence electrons. The summed E-state index contributed by atoms with van der Waals surface area (Å²) in [5.41, 5.74) is -1.02. The van der Waals surface area contributed by atoms with Crippen molar-refractivity contribution in [3.63, 3.8) is 0 Å². The molecule has 32 heavy (non-hydrogen) atoms. The fraction of sp³-hybridized carbons (Fsp3) is 0.350. The van der Waals surface area contributed by atoms with E-state index in [-0.39, 0.29) is 37.4 Å². The van der Waals surface area contributed by atoms with Crippen LogP contribution in [0.4, 0.5) is 27.6 Å². The molecule has 1 aliphatic heterocycles. The second-order valence-electron chi connectivity index (χ2n) is 7.07. The fourth-order valence-corrected chi connectivity index (χ4v) is 5.10. The van der Waals surface area contributed by atoms with E-state index in [0.717, 1.165) is 16.4 Å². The molecule has 0 saturated carbocycles. The van der Waals surface area contributed by atoms with Gasteiger partial charge in [0.25, 0.3) is 0 Å². The minimum Gasteiger partial charge on any atom is -0.435 e. The number of benzene rings is 2. The molecule has 6 nitrogen and oxygen atoms in total. The molecule has 1 heterocycles. The predicted molar refractivity (Wildman–Crippen MR) is 105 cm³/mol. The highest BCUT2D eigenvalue weighted by Gasteiger charge is 2.40. The largest absolute Gasteiger partial charge is 0.435 e. The van der Waals surface area contributed by atoms with Crippen molar-refractivity contribution in [2.45, 2.75) is 30.5 Å². The highest BCUT2D eigenvalue weighted by Crippen LogP contribution is 2.36. The second-order valence-corrected chi connectivity index (χ2v) is 8.97. The first-order valence-corrected chi connectivity index (χ1v) is 10.9. The van der Waals surface area contributed by atoms with E-state index in [1.54, 1.807) is 0 Å². The Balaban J connectivity index is 1.66. The summed E-state index contributed by atoms with van der Waals surface area (Å²) in [6.07, 6.45) is -4.65. The van der Waals surface area contributed by atoms with Crippen molar-refractivity contribution in [1.82, 2.24) is 4.31 Å². The molecular formula is C20H19F5N2O4S. The summed E-state index contributed by atoms with van der Waals surface area (Å²) in [5, 5.41) is 2.56. The van der Waals surface area contributed by atoms with Gasteiger partial charge in [0, 0.05) is 30.8 Å². The third-order valence-corrected chi connectivity index (χ3v) is 6.92. The Labute approximate surface area is 181 Å². The van der Waals surface area contributed by atoms with Crippen molar-refractivity contribution in [2.24, 2.45) is 5.92 Å². The van der Waals surface area contributed by atoms with E-state index in [1.807, 2.05) is 0 Å². The smallest absolute Gasteiger partial charge is 0.417 e. The maximum atomic E-state index is 13.2. The fourth-order valence-electron chi connectivity index (χ4n) is 3.42. The molecule has 2 aromatic carbocycles. The van der Waals surface area contributed by atoms with Crippen molar-refractivity contribution < 1.29 is 39.9 Å². The quantitative estimate of drug-likeness (QED) is 0.627. The molecule has 2 aromatic rings. The summed E-state index contributed by atoms with van der Waals surface area (Å²) in [6, 6.07) is 9.35. The zero-order chi connectivity index (χ0) is 23.5. The Morgan fingerprint density at radius 2 is 1.72 bits per heavy atom. The maximum absolute atomic E-state index is 13.2. The van der Waals surface area contributed by atoms with Crippen LogP contribution in [0.1, 0.15) is 18.4 Å². The van der Waals surface area contributed by atoms with Crippen LogP contribution in [0.15, 0.2) is 53.4 Å². The third-order valence-electron chi connectivity index (χ3n) is 4.96. The van der Waals surface area contributed by atoms with Gasteiger partial charge < -0.3 is 10.1 Å². The van der Waals surface area contributed by atoms with Gasteiger partial charge in [0.1, 0.15) is 5.75 Å². The molecule has 0 atom stereocenters. The zero-order valence-electron chi connectivity index (χ0n) is 16.5. The number of carbonyl (C=O) groups is 1. The van der Waals surface area contributed by atoms with E-state index in [4.69, 9.17) is 0 Å². The average molecular weight is 478 g/mol. The van der Waals surface area contributed by atoms with Crippen LogP contribution in [0.2, 0.25) is 0 Å². The van der Waals surface area contributed by atoms with E-state index < -0.39 is 45.1 Å². The average Bonchev–Trinajstić information content (AvgIpc) is 2.73. The SMILES string of the molecule is O=C(Nc1cccc(OC(F)F)c1)C1CCN(S(=O)(=O)c2ccccc2C(F)(F)F)CC1. The van der Waals surface area contributed by atoms with Gasteiger partial charge in [-0.3, -0.25) is 4.79 Å². The van der Waals surface area contributed by atoms with Crippen LogP contribution in [-0.2, 0) is 21.0 Å². The van der Waals surface area contributed by atoms with E-state index >= 15 is 0 Å². The summed E-state index contributed by atoms with van der Waals surface area (Å²) in [6.45, 7) is -3.29. The van der Waals surface area contributed by atoms with Crippen LogP contribution in [0.3, 0.4) is 0 Å². The number of rotatable bonds is 6. The number of piperidine rings is 1. The number of ether oxygens (including phenoxy) is 1. The Kier molecular flexibility index (Phi) is 7.03. The maximum Gasteiger partial charge on any atom is 0.417 e. The number of hydrogen-bond acceptors (Lipinski definition) is 4. The molecule has 0 unspecified atom stereocenters. The molecule has 12 heteroatoms. The predicted octanol–water partition coefficient (Wildman–Crippen LogP) is 4.35. The molecule has 0 radical (unpaired) electrons. The van der Waals surface area contributed by atoms with Gasteiger partial charge in [0.2, 0.25) is 15.9 Å². The Hall–Kier alpha value is -2.73. The molecular weight excluding hydrogens is 459 g/mol. The molecule has 1 aliphatic rings. The number of alkyl halides is 5. The topological polar surface area (TPSA) is 75.7 Å². The minimum atomic E-state index is -4.83. The molecule has 1 saturated heterocycles. The summed E-state index contributed by atoms with van der Waals surface area (Å²) in [5.74, 6) is -1.19. The second kappa shape index (κ2) is 9.41. The van der Waals surface area contributed by atoms with E-state index in [0.29, 0.717) is 6.07 Å². The lowest BCUT2D eigenvalue weighted by atomic mass is 9.97. The first-order valence-electron chi connectivity index (χ1n) is 9.50. The lowest BCUT2D eigenvalue weighted by molar-refractivity contribution is -0.139. The molecule has 0 bridgehead atoms. The van der Waals surface area contributed by atoms with Crippen molar-refractivity contribution in [2.75, 3.05) is 18.4 Å². The number of carbonyl (C=O) groups excluding carboxylic acids is 1. The normalized spacial score (nSPS) is 16.2. The van der Waals surface area contributed by atoms with Gasteiger partial charge in [-0.05, 0) is 37.1 Å². The summed E-state index contributed by atoms with van der Waals surface area (Å²) in [7, 11) is -4.41. The van der Waals surface area contributed by atoms with E-state index in [9.17, 15) is 35.2 Å². The highest BCUT2D eigenvalue weighted by molar-refractivity contribution is 7.89. The van der Waals surface area contributed by atoms with Crippen molar-refractivity contribution in [1.29, 1.82) is 0 Å². The van der Waals surface area contributed by atoms with Gasteiger partial charge in [0.05, 0.1) is 10.5 Å². The van der Waals surface area contributed by atoms with E-state index in [1.165, 1.54) is 30.3 Å². The number of hydrogen-bond donors (Lipinski definition) is 1. The van der Waals surface area contributed by atoms with Crippen LogP contribution in [0.25, 0.3) is 0 Å². The van der Waals surface area contributed by atoms with Crippen LogP contribution in [0, 0.1) is 5.92 Å². The Morgan fingerprint density at radius 1 is 1.06 bits per heavy atom. The number of sulfonamides is 1. The van der Waals surface area contributed by atoms with Crippen LogP contribution in [0.5, 0.6) is 5.75 Å². The van der Waals surface area contributed by atoms with Gasteiger partial charge in [-0.15, -0.1) is 0 Å². The van der Waals surface area contributed by atoms with Crippen LogP contribution >= 0.6 is 0 Å². The molecule has 0 spiro atoms. The first kappa shape index (κ1) is 23.9. The van der Waals surface area contributed by atoms with Gasteiger partial charge >= 0.3 is 12.8 Å². The number of amides is 1. The highest BCUT2D eigenvalue weighted by atomic mass is 32.2. The molecule has 0 aromatic heterocycles. The summed E-state index contributed by atoms with van der Waals surface area (Å²) in [4.78, 5) is 11.7. The summed E-state index contributed by atoms with van der Waals surface area (Å²) < 4.78 is 95.1. The van der Waals surface area contributed by atoms with Crippen LogP contribution in [-0.4, -0.2) is 38.3 Å². The van der Waals surface area contributed by atoms with Crippen LogP contribution < -0.4 is 10.1 Å². The Morgan fingerprint density at radius 3 is 2.34 bits per heavy atom. The Bertz CT molecular complexity index is 1070. The van der Waals surface area contributed by atoms with Crippen molar-refractivity contribution >= 4 is 21.6 Å². The van der Waals surface area contributed by atoms with E-state index in [2.05, 4.69) is 10.1 Å². The van der Waals surface area contributed by atoms with Gasteiger partial charge in [0.15, 0.2) is 0 Å². The number of halogens is 5. The molecule has 0 aliphatic carbocycles. The summed E-state index contributed by atoms with van der Waals surface area (Å²) >= 11 is 0. The van der Waals surface area contributed by atoms with Crippen molar-refractivity contribution in [3.8, 4) is 5.75 Å². The zero-order valence-corrected chi connectivity index (χ0v) is 17.3. The lowest BCUT2D eigenvalue weighted by Crippen LogP contribution is -2.41. The number of nitrogens with zero attached hydrogens (tertiary/aromatic N) is 1. The van der Waals surface area contributed by atoms with Gasteiger partial charge in [-0.25, -0.2) is 8.42 Å². The molecule has 1 N–H and O–H groups in total. The minimum absolute atomic E-state index is 0.0898. The molecule has 1 fully saturated rings. The van der Waals surface area contributed by atoms with Crippen molar-refractivity contribution in [3.05, 3.63) is 54.1 Å². The van der Waals surface area contributed by atoms with Gasteiger partial charge in [-0.2, -0.15) is 26.3 Å².